The van der Waals surface area contributed by atoms with Crippen LogP contribution in [-0.4, -0.2) is 25.2 Å². The average Bonchev–Trinajstić information content (AvgIpc) is 2.97. The summed E-state index contributed by atoms with van der Waals surface area (Å²) in [4.78, 5) is 27.0. The lowest BCUT2D eigenvalue weighted by Crippen LogP contribution is -2.19. The molecule has 138 valence electrons. The number of thiophene rings is 1. The molecule has 2 amide bonds. The van der Waals surface area contributed by atoms with Crippen molar-refractivity contribution in [1.82, 2.24) is 0 Å². The van der Waals surface area contributed by atoms with Crippen molar-refractivity contribution >= 4 is 39.9 Å². The zero-order chi connectivity index (χ0) is 18.8. The summed E-state index contributed by atoms with van der Waals surface area (Å²) in [6, 6.07) is 5.44. The highest BCUT2D eigenvalue weighted by atomic mass is 32.2. The molecule has 0 saturated carbocycles. The van der Waals surface area contributed by atoms with Crippen molar-refractivity contribution in [1.29, 1.82) is 0 Å². The Balaban J connectivity index is 1.94. The second kappa shape index (κ2) is 7.72. The van der Waals surface area contributed by atoms with E-state index in [-0.39, 0.29) is 5.91 Å². The highest BCUT2D eigenvalue weighted by Gasteiger charge is 2.27. The van der Waals surface area contributed by atoms with Gasteiger partial charge in [-0.2, -0.15) is 0 Å². The van der Waals surface area contributed by atoms with E-state index >= 15 is 0 Å². The zero-order valence-corrected chi connectivity index (χ0v) is 16.7. The van der Waals surface area contributed by atoms with Gasteiger partial charge in [0.25, 0.3) is 11.8 Å². The van der Waals surface area contributed by atoms with Crippen LogP contribution in [0.25, 0.3) is 0 Å². The third kappa shape index (κ3) is 3.59. The van der Waals surface area contributed by atoms with Gasteiger partial charge in [0.2, 0.25) is 0 Å². The molecule has 3 N–H and O–H groups in total. The predicted octanol–water partition coefficient (Wildman–Crippen LogP) is 3.95. The smallest absolute Gasteiger partial charge is 0.260 e. The second-order valence-electron chi connectivity index (χ2n) is 6.44. The van der Waals surface area contributed by atoms with Gasteiger partial charge in [-0.3, -0.25) is 9.59 Å². The Hall–Kier alpha value is -1.99. The quantitative estimate of drug-likeness (QED) is 0.757. The van der Waals surface area contributed by atoms with E-state index in [0.717, 1.165) is 34.6 Å². The Morgan fingerprint density at radius 1 is 1.38 bits per heavy atom. The molecule has 1 aliphatic rings. The number of thioether (sulfide) groups is 1. The predicted molar refractivity (Wildman–Crippen MR) is 107 cm³/mol. The van der Waals surface area contributed by atoms with E-state index in [4.69, 9.17) is 10.5 Å². The number of nitrogens with one attached hydrogen (secondary N) is 1. The molecule has 3 rings (SSSR count). The number of fused-ring (bicyclic) bond motifs is 1. The third-order valence-electron chi connectivity index (χ3n) is 4.64. The van der Waals surface area contributed by atoms with Gasteiger partial charge in [-0.25, -0.2) is 0 Å². The minimum atomic E-state index is -0.489. The normalized spacial score (nSPS) is 16.0. The Kier molecular flexibility index (Phi) is 5.58. The number of hydrogen-bond donors (Lipinski definition) is 2. The van der Waals surface area contributed by atoms with Gasteiger partial charge >= 0.3 is 0 Å². The second-order valence-corrected chi connectivity index (χ2v) is 8.43. The standard InChI is InChI=1S/C19H22N2O3S2/c1-10-4-6-13-15(8-10)26-19(16(13)17(20)22)21-18(23)12-7-5-11(25-3)9-14(12)24-2/h5,7,9-10H,4,6,8H2,1-3H3,(H2,20,22)(H,21,23). The van der Waals surface area contributed by atoms with Gasteiger partial charge in [-0.1, -0.05) is 6.92 Å². The molecule has 26 heavy (non-hydrogen) atoms. The summed E-state index contributed by atoms with van der Waals surface area (Å²) >= 11 is 3.04. The van der Waals surface area contributed by atoms with Crippen LogP contribution in [0.2, 0.25) is 0 Å². The minimum Gasteiger partial charge on any atom is -0.496 e. The fraction of sp³-hybridized carbons (Fsp3) is 0.368. The first kappa shape index (κ1) is 18.8. The fourth-order valence-corrected chi connectivity index (χ4v) is 5.10. The fourth-order valence-electron chi connectivity index (χ4n) is 3.26. The van der Waals surface area contributed by atoms with E-state index in [1.165, 1.54) is 18.4 Å². The van der Waals surface area contributed by atoms with Crippen molar-refractivity contribution in [2.45, 2.75) is 31.1 Å². The maximum absolute atomic E-state index is 12.8. The number of nitrogens with two attached hydrogens (primary N) is 1. The van der Waals surface area contributed by atoms with Crippen LogP contribution >= 0.6 is 23.1 Å². The lowest BCUT2D eigenvalue weighted by Gasteiger charge is -2.18. The van der Waals surface area contributed by atoms with Gasteiger partial charge in [-0.15, -0.1) is 23.1 Å². The Morgan fingerprint density at radius 3 is 2.81 bits per heavy atom. The van der Waals surface area contributed by atoms with Crippen LogP contribution < -0.4 is 15.8 Å². The topological polar surface area (TPSA) is 81.4 Å². The summed E-state index contributed by atoms with van der Waals surface area (Å²) in [6.45, 7) is 2.20. The van der Waals surface area contributed by atoms with Crippen LogP contribution in [0.5, 0.6) is 5.75 Å². The van der Waals surface area contributed by atoms with E-state index < -0.39 is 5.91 Å². The molecule has 0 saturated heterocycles. The number of ether oxygens (including phenoxy) is 1. The molecule has 1 aromatic heterocycles. The molecular formula is C19H22N2O3S2. The summed E-state index contributed by atoms with van der Waals surface area (Å²) in [5.41, 5.74) is 7.51. The molecule has 0 spiro atoms. The maximum Gasteiger partial charge on any atom is 0.260 e. The molecule has 1 aliphatic carbocycles. The number of benzene rings is 1. The molecular weight excluding hydrogens is 368 g/mol. The SMILES string of the molecule is COc1cc(SC)ccc1C(=O)Nc1sc2c(c1C(N)=O)CCC(C)C2. The molecule has 0 fully saturated rings. The van der Waals surface area contributed by atoms with Gasteiger partial charge in [-0.05, 0) is 55.2 Å². The Bertz CT molecular complexity index is 861. The van der Waals surface area contributed by atoms with Crippen molar-refractivity contribution in [3.8, 4) is 5.75 Å². The molecule has 1 aromatic carbocycles. The summed E-state index contributed by atoms with van der Waals surface area (Å²) in [7, 11) is 1.54. The number of methoxy groups -OCH3 is 1. The van der Waals surface area contributed by atoms with Crippen molar-refractivity contribution < 1.29 is 14.3 Å². The molecule has 7 heteroatoms. The van der Waals surface area contributed by atoms with Crippen molar-refractivity contribution in [2.24, 2.45) is 11.7 Å². The number of anilines is 1. The number of primary amides is 1. The monoisotopic (exact) mass is 390 g/mol. The first-order chi connectivity index (χ1) is 12.4. The van der Waals surface area contributed by atoms with Crippen molar-refractivity contribution in [2.75, 3.05) is 18.7 Å². The van der Waals surface area contributed by atoms with E-state index in [1.807, 2.05) is 18.4 Å². The average molecular weight is 391 g/mol. The first-order valence-electron chi connectivity index (χ1n) is 8.42. The highest BCUT2D eigenvalue weighted by Crippen LogP contribution is 2.40. The third-order valence-corrected chi connectivity index (χ3v) is 6.53. The van der Waals surface area contributed by atoms with Gasteiger partial charge in [0, 0.05) is 9.77 Å². The van der Waals surface area contributed by atoms with Crippen LogP contribution in [0.4, 0.5) is 5.00 Å². The molecule has 1 heterocycles. The van der Waals surface area contributed by atoms with Gasteiger partial charge in [0.15, 0.2) is 0 Å². The molecule has 0 radical (unpaired) electrons. The van der Waals surface area contributed by atoms with Gasteiger partial charge < -0.3 is 15.8 Å². The minimum absolute atomic E-state index is 0.302. The van der Waals surface area contributed by atoms with Crippen LogP contribution in [0.15, 0.2) is 23.1 Å². The van der Waals surface area contributed by atoms with E-state index in [2.05, 4.69) is 12.2 Å². The largest absolute Gasteiger partial charge is 0.496 e. The van der Waals surface area contributed by atoms with Crippen LogP contribution in [0, 0.1) is 5.92 Å². The number of rotatable bonds is 5. The molecule has 1 unspecified atom stereocenters. The van der Waals surface area contributed by atoms with Crippen molar-refractivity contribution in [3.05, 3.63) is 39.8 Å². The summed E-state index contributed by atoms with van der Waals surface area (Å²) in [5, 5.41) is 3.42. The van der Waals surface area contributed by atoms with Crippen LogP contribution in [0.3, 0.4) is 0 Å². The zero-order valence-electron chi connectivity index (χ0n) is 15.0. The molecule has 0 aliphatic heterocycles. The number of carbonyl (C=O) groups is 2. The highest BCUT2D eigenvalue weighted by molar-refractivity contribution is 7.98. The first-order valence-corrected chi connectivity index (χ1v) is 10.5. The summed E-state index contributed by atoms with van der Waals surface area (Å²) < 4.78 is 5.36. The molecule has 1 atom stereocenters. The lowest BCUT2D eigenvalue weighted by atomic mass is 9.88. The Labute approximate surface area is 161 Å². The number of carbonyl (C=O) groups excluding carboxylic acids is 2. The van der Waals surface area contributed by atoms with Crippen molar-refractivity contribution in [3.63, 3.8) is 0 Å². The van der Waals surface area contributed by atoms with Gasteiger partial charge in [0.1, 0.15) is 10.8 Å². The van der Waals surface area contributed by atoms with E-state index in [1.54, 1.807) is 17.8 Å². The van der Waals surface area contributed by atoms with E-state index in [0.29, 0.717) is 27.8 Å². The van der Waals surface area contributed by atoms with Gasteiger partial charge in [0.05, 0.1) is 18.2 Å². The summed E-state index contributed by atoms with van der Waals surface area (Å²) in [5.74, 6) is 0.287. The maximum atomic E-state index is 12.8. The molecule has 0 bridgehead atoms. The molecule has 5 nitrogen and oxygen atoms in total. The number of amides is 2. The molecule has 2 aromatic rings. The number of hydrogen-bond acceptors (Lipinski definition) is 5. The lowest BCUT2D eigenvalue weighted by molar-refractivity contribution is 0.1000. The van der Waals surface area contributed by atoms with E-state index in [9.17, 15) is 9.59 Å². The van der Waals surface area contributed by atoms with Crippen LogP contribution in [-0.2, 0) is 12.8 Å². The van der Waals surface area contributed by atoms with Crippen LogP contribution in [0.1, 0.15) is 44.5 Å². The summed E-state index contributed by atoms with van der Waals surface area (Å²) in [6.07, 6.45) is 4.74. The Morgan fingerprint density at radius 2 is 2.15 bits per heavy atom.